The first kappa shape index (κ1) is 14.8. The predicted molar refractivity (Wildman–Crippen MR) is 50.3 cm³/mol. The molecule has 0 aliphatic rings. The molecule has 64 valence electrons. The maximum Gasteiger partial charge on any atom is 2.00 e. The molecule has 1 heteroatoms. The van der Waals surface area contributed by atoms with E-state index < -0.39 is 0 Å². The smallest absolute Gasteiger partial charge is 0.323 e. The van der Waals surface area contributed by atoms with Crippen LogP contribution in [-0.4, -0.2) is 0 Å². The fourth-order valence-corrected chi connectivity index (χ4v) is 0.470. The Hall–Kier alpha value is 0.272. The molecule has 0 fully saturated rings. The molecule has 0 atom stereocenters. The Morgan fingerprint density at radius 2 is 1.42 bits per heavy atom. The summed E-state index contributed by atoms with van der Waals surface area (Å²) in [6, 6.07) is 10.8. The predicted octanol–water partition coefficient (Wildman–Crippen LogP) is 3.42. The molecular weight excluding hydrogens is 370 g/mol. The Balaban J connectivity index is 0. The second kappa shape index (κ2) is 9.36. The van der Waals surface area contributed by atoms with Gasteiger partial charge in [0, 0.05) is 0 Å². The van der Waals surface area contributed by atoms with Gasteiger partial charge >= 0.3 is 31.1 Å². The Kier molecular flexibility index (Phi) is 11.5. The van der Waals surface area contributed by atoms with Crippen molar-refractivity contribution in [1.29, 1.82) is 0 Å². The standard InChI is InChI=1S/C7H7.C4H9.U/c1-7-5-3-2-4-6-7;1-4(2)3;/h3-6H,1H3;1-3H3;/q2*-1;+2. The van der Waals surface area contributed by atoms with Crippen LogP contribution in [0.25, 0.3) is 0 Å². The molecule has 0 aromatic heterocycles. The van der Waals surface area contributed by atoms with Crippen molar-refractivity contribution < 1.29 is 31.1 Å². The van der Waals surface area contributed by atoms with E-state index in [4.69, 9.17) is 0 Å². The number of benzene rings is 1. The fraction of sp³-hybridized carbons (Fsp3) is 0.364. The van der Waals surface area contributed by atoms with Crippen LogP contribution >= 0.6 is 0 Å². The van der Waals surface area contributed by atoms with E-state index >= 15 is 0 Å². The van der Waals surface area contributed by atoms with E-state index in [0.29, 0.717) is 0 Å². The van der Waals surface area contributed by atoms with E-state index in [-0.39, 0.29) is 31.1 Å². The topological polar surface area (TPSA) is 0 Å². The maximum atomic E-state index is 2.93. The molecule has 0 saturated heterocycles. The molecule has 0 bridgehead atoms. The zero-order chi connectivity index (χ0) is 8.69. The van der Waals surface area contributed by atoms with Gasteiger partial charge in [0.15, 0.2) is 0 Å². The summed E-state index contributed by atoms with van der Waals surface area (Å²) >= 11 is 0. The molecular formula is C11H16U. The molecule has 0 radical (unpaired) electrons. The van der Waals surface area contributed by atoms with Crippen molar-refractivity contribution in [2.24, 2.45) is 0 Å². The minimum absolute atomic E-state index is 0. The molecule has 0 aliphatic heterocycles. The summed E-state index contributed by atoms with van der Waals surface area (Å²) in [7, 11) is 0. The Morgan fingerprint density at radius 1 is 1.08 bits per heavy atom. The SMILES string of the molecule is C[C-](C)C.Cc1cc[c-]cc1.[U+2]. The summed E-state index contributed by atoms with van der Waals surface area (Å²) in [6.45, 7) is 8.31. The molecule has 1 aromatic carbocycles. The third-order valence-corrected chi connectivity index (χ3v) is 0.885. The van der Waals surface area contributed by atoms with Crippen molar-refractivity contribution in [1.82, 2.24) is 0 Å². The first-order chi connectivity index (χ1) is 5.13. The van der Waals surface area contributed by atoms with E-state index in [9.17, 15) is 0 Å². The van der Waals surface area contributed by atoms with Crippen LogP contribution < -0.4 is 0 Å². The zero-order valence-corrected chi connectivity index (χ0v) is 12.5. The summed E-state index contributed by atoms with van der Waals surface area (Å²) in [4.78, 5) is 0. The molecule has 0 aliphatic carbocycles. The van der Waals surface area contributed by atoms with Gasteiger partial charge in [-0.1, -0.05) is 6.92 Å². The Bertz CT molecular complexity index is 165. The number of rotatable bonds is 0. The van der Waals surface area contributed by atoms with Crippen molar-refractivity contribution in [2.75, 3.05) is 0 Å². The van der Waals surface area contributed by atoms with Crippen LogP contribution in [0.4, 0.5) is 0 Å². The van der Waals surface area contributed by atoms with Gasteiger partial charge in [-0.3, -0.25) is 0 Å². The van der Waals surface area contributed by atoms with E-state index in [1.165, 1.54) is 11.5 Å². The molecule has 0 saturated carbocycles. The van der Waals surface area contributed by atoms with E-state index in [1.807, 2.05) is 24.3 Å². The maximum absolute atomic E-state index is 2.93. The molecule has 1 aromatic rings. The van der Waals surface area contributed by atoms with Gasteiger partial charge in [-0.2, -0.15) is 56.7 Å². The second-order valence-corrected chi connectivity index (χ2v) is 3.08. The van der Waals surface area contributed by atoms with Crippen LogP contribution in [-0.2, 0) is 0 Å². The molecule has 0 spiro atoms. The summed E-state index contributed by atoms with van der Waals surface area (Å²) in [5, 5.41) is 0. The van der Waals surface area contributed by atoms with Gasteiger partial charge in [0.1, 0.15) is 0 Å². The zero-order valence-electron chi connectivity index (χ0n) is 8.31. The van der Waals surface area contributed by atoms with Gasteiger partial charge in [-0.25, -0.2) is 0 Å². The number of hydrogen-bond donors (Lipinski definition) is 0. The largest absolute Gasteiger partial charge is 2.00 e. The van der Waals surface area contributed by atoms with Gasteiger partial charge < -0.3 is 5.92 Å². The fourth-order valence-electron chi connectivity index (χ4n) is 0.470. The van der Waals surface area contributed by atoms with Crippen LogP contribution in [0, 0.1) is 50.0 Å². The average molecular weight is 386 g/mol. The Labute approximate surface area is 100 Å². The molecule has 0 nitrogen and oxygen atoms in total. The van der Waals surface area contributed by atoms with Crippen LogP contribution in [0.5, 0.6) is 0 Å². The molecule has 0 unspecified atom stereocenters. The molecule has 0 heterocycles. The summed E-state index contributed by atoms with van der Waals surface area (Å²) < 4.78 is 0. The van der Waals surface area contributed by atoms with E-state index in [2.05, 4.69) is 33.8 Å². The van der Waals surface area contributed by atoms with Gasteiger partial charge in [-0.15, -0.1) is 0 Å². The van der Waals surface area contributed by atoms with E-state index in [1.54, 1.807) is 0 Å². The Morgan fingerprint density at radius 3 is 1.58 bits per heavy atom. The first-order valence-electron chi connectivity index (χ1n) is 3.82. The third-order valence-electron chi connectivity index (χ3n) is 0.885. The van der Waals surface area contributed by atoms with Crippen LogP contribution in [0.2, 0.25) is 0 Å². The number of aryl methyl sites for hydroxylation is 1. The molecule has 0 N–H and O–H groups in total. The van der Waals surface area contributed by atoms with Crippen molar-refractivity contribution in [3.8, 4) is 0 Å². The molecule has 12 heavy (non-hydrogen) atoms. The average Bonchev–Trinajstić information content (AvgIpc) is 1.87. The summed E-state index contributed by atoms with van der Waals surface area (Å²) in [6.07, 6.45) is 0. The van der Waals surface area contributed by atoms with Gasteiger partial charge in [0.25, 0.3) is 0 Å². The second-order valence-electron chi connectivity index (χ2n) is 3.08. The minimum atomic E-state index is 0. The monoisotopic (exact) mass is 386 g/mol. The molecule has 0 amide bonds. The first-order valence-corrected chi connectivity index (χ1v) is 3.82. The third kappa shape index (κ3) is 12.9. The minimum Gasteiger partial charge on any atom is -0.323 e. The van der Waals surface area contributed by atoms with Crippen molar-refractivity contribution in [3.05, 3.63) is 41.8 Å². The van der Waals surface area contributed by atoms with Crippen LogP contribution in [0.1, 0.15) is 26.3 Å². The summed E-state index contributed by atoms with van der Waals surface area (Å²) in [5.41, 5.74) is 1.29. The molecule has 1 rings (SSSR count). The van der Waals surface area contributed by atoms with Crippen molar-refractivity contribution in [2.45, 2.75) is 27.7 Å². The normalized spacial score (nSPS) is 8.08. The van der Waals surface area contributed by atoms with E-state index in [0.717, 1.165) is 0 Å². The quantitative estimate of drug-likeness (QED) is 0.600. The van der Waals surface area contributed by atoms with Gasteiger partial charge in [-0.05, 0) is 0 Å². The van der Waals surface area contributed by atoms with Gasteiger partial charge in [0.2, 0.25) is 0 Å². The van der Waals surface area contributed by atoms with Gasteiger partial charge in [0.05, 0.1) is 0 Å². The van der Waals surface area contributed by atoms with Crippen molar-refractivity contribution in [3.63, 3.8) is 0 Å². The number of hydrogen-bond acceptors (Lipinski definition) is 0. The van der Waals surface area contributed by atoms with Crippen LogP contribution in [0.3, 0.4) is 0 Å². The summed E-state index contributed by atoms with van der Waals surface area (Å²) in [5.74, 6) is 1.42. The van der Waals surface area contributed by atoms with Crippen molar-refractivity contribution >= 4 is 0 Å². The van der Waals surface area contributed by atoms with Crippen LogP contribution in [0.15, 0.2) is 24.3 Å².